The van der Waals surface area contributed by atoms with E-state index in [1.165, 1.54) is 49.2 Å². The fourth-order valence-electron chi connectivity index (χ4n) is 4.65. The lowest BCUT2D eigenvalue weighted by Gasteiger charge is -2.28. The van der Waals surface area contributed by atoms with Gasteiger partial charge >= 0.3 is 5.97 Å². The zero-order chi connectivity index (χ0) is 30.2. The Morgan fingerprint density at radius 1 is 1.05 bits per heavy atom. The number of esters is 1. The average molecular weight is 606 g/mol. The molecule has 42 heavy (non-hydrogen) atoms. The van der Waals surface area contributed by atoms with Gasteiger partial charge in [0.1, 0.15) is 18.1 Å². The first kappa shape index (κ1) is 31.1. The van der Waals surface area contributed by atoms with Crippen LogP contribution in [0.2, 0.25) is 5.02 Å². The standard InChI is InChI=1S/C30H30ClF2NO8/c1-38-27-15-34(29(36)14-23(27)22-12-20(31)7-8-26(22)42-17-28(32)33)24(13-21-16-40-9-10-41-21)25(35)11-18-3-5-19(6-4-18)30(37)39-2/h3-8,12,14-15,21,24,28H,9-11,13,16-17H2,1-2H3. The molecule has 2 unspecified atom stereocenters. The van der Waals surface area contributed by atoms with Gasteiger partial charge in [-0.1, -0.05) is 23.7 Å². The van der Waals surface area contributed by atoms with Crippen LogP contribution in [0.25, 0.3) is 11.1 Å². The number of benzene rings is 2. The largest absolute Gasteiger partial charge is 0.495 e. The topological polar surface area (TPSA) is 102 Å². The molecule has 9 nitrogen and oxygen atoms in total. The highest BCUT2D eigenvalue weighted by Gasteiger charge is 2.29. The van der Waals surface area contributed by atoms with E-state index < -0.39 is 36.7 Å². The van der Waals surface area contributed by atoms with E-state index in [4.69, 9.17) is 35.3 Å². The van der Waals surface area contributed by atoms with Gasteiger partial charge in [0.25, 0.3) is 12.0 Å². The van der Waals surface area contributed by atoms with E-state index >= 15 is 0 Å². The highest BCUT2D eigenvalue weighted by molar-refractivity contribution is 6.31. The number of hydrogen-bond donors (Lipinski definition) is 0. The minimum atomic E-state index is -2.71. The van der Waals surface area contributed by atoms with Crippen LogP contribution in [-0.2, 0) is 25.4 Å². The Balaban J connectivity index is 1.71. The Morgan fingerprint density at radius 2 is 1.79 bits per heavy atom. The summed E-state index contributed by atoms with van der Waals surface area (Å²) in [7, 11) is 2.66. The van der Waals surface area contributed by atoms with Crippen LogP contribution in [0.1, 0.15) is 28.4 Å². The Labute approximate surface area is 245 Å². The van der Waals surface area contributed by atoms with E-state index in [0.29, 0.717) is 29.4 Å². The number of aromatic nitrogens is 1. The molecule has 2 heterocycles. The molecule has 224 valence electrons. The van der Waals surface area contributed by atoms with Crippen molar-refractivity contribution in [2.24, 2.45) is 0 Å². The van der Waals surface area contributed by atoms with E-state index in [0.717, 1.165) is 0 Å². The third kappa shape index (κ3) is 7.72. The molecule has 2 atom stereocenters. The number of ketones is 1. The van der Waals surface area contributed by atoms with Crippen molar-refractivity contribution in [3.05, 3.63) is 81.2 Å². The van der Waals surface area contributed by atoms with Gasteiger partial charge in [-0.3, -0.25) is 9.59 Å². The Bertz CT molecular complexity index is 1450. The maximum atomic E-state index is 13.7. The fourth-order valence-corrected chi connectivity index (χ4v) is 4.83. The number of alkyl halides is 2. The zero-order valence-corrected chi connectivity index (χ0v) is 23.8. The number of rotatable bonds is 12. The van der Waals surface area contributed by atoms with Crippen molar-refractivity contribution in [1.82, 2.24) is 4.57 Å². The Morgan fingerprint density at radius 3 is 2.43 bits per heavy atom. The number of hydrogen-bond acceptors (Lipinski definition) is 8. The number of halogens is 3. The summed E-state index contributed by atoms with van der Waals surface area (Å²) in [5.74, 6) is -0.497. The molecule has 1 aliphatic rings. The molecule has 2 aromatic carbocycles. The van der Waals surface area contributed by atoms with Gasteiger partial charge in [0, 0.05) is 35.1 Å². The normalized spacial score (nSPS) is 15.7. The summed E-state index contributed by atoms with van der Waals surface area (Å²) >= 11 is 6.18. The molecule has 0 radical (unpaired) electrons. The molecular weight excluding hydrogens is 576 g/mol. The Hall–Kier alpha value is -3.80. The number of carbonyl (C=O) groups is 2. The van der Waals surface area contributed by atoms with E-state index in [9.17, 15) is 23.2 Å². The molecule has 0 N–H and O–H groups in total. The van der Waals surface area contributed by atoms with Gasteiger partial charge in [0.15, 0.2) is 5.78 Å². The molecule has 0 amide bonds. The smallest absolute Gasteiger partial charge is 0.337 e. The van der Waals surface area contributed by atoms with E-state index in [1.807, 2.05) is 0 Å². The average Bonchev–Trinajstić information content (AvgIpc) is 2.99. The van der Waals surface area contributed by atoms with Gasteiger partial charge in [0.05, 0.1) is 57.9 Å². The van der Waals surface area contributed by atoms with Gasteiger partial charge < -0.3 is 28.3 Å². The van der Waals surface area contributed by atoms with Crippen LogP contribution in [0, 0.1) is 0 Å². The number of methoxy groups -OCH3 is 2. The minimum absolute atomic E-state index is 0.0316. The predicted molar refractivity (Wildman–Crippen MR) is 150 cm³/mol. The van der Waals surface area contributed by atoms with E-state index in [-0.39, 0.29) is 47.9 Å². The van der Waals surface area contributed by atoms with Crippen molar-refractivity contribution in [3.63, 3.8) is 0 Å². The van der Waals surface area contributed by atoms with Crippen LogP contribution < -0.4 is 15.0 Å². The van der Waals surface area contributed by atoms with Crippen molar-refractivity contribution >= 4 is 23.4 Å². The first-order valence-electron chi connectivity index (χ1n) is 13.1. The predicted octanol–water partition coefficient (Wildman–Crippen LogP) is 4.77. The van der Waals surface area contributed by atoms with Crippen molar-refractivity contribution in [1.29, 1.82) is 0 Å². The summed E-state index contributed by atoms with van der Waals surface area (Å²) in [6, 6.07) is 11.1. The lowest BCUT2D eigenvalue weighted by molar-refractivity contribution is -0.126. The van der Waals surface area contributed by atoms with Crippen LogP contribution in [0.15, 0.2) is 59.5 Å². The molecule has 1 aromatic heterocycles. The van der Waals surface area contributed by atoms with Crippen molar-refractivity contribution in [2.45, 2.75) is 31.4 Å². The molecule has 12 heteroatoms. The lowest BCUT2D eigenvalue weighted by atomic mass is 9.97. The summed E-state index contributed by atoms with van der Waals surface area (Å²) in [6.45, 7) is 0.192. The van der Waals surface area contributed by atoms with Crippen molar-refractivity contribution < 1.29 is 42.1 Å². The second-order valence-corrected chi connectivity index (χ2v) is 9.93. The fraction of sp³-hybridized carbons (Fsp3) is 0.367. The second-order valence-electron chi connectivity index (χ2n) is 9.49. The van der Waals surface area contributed by atoms with E-state index in [1.54, 1.807) is 24.3 Å². The molecule has 0 spiro atoms. The first-order chi connectivity index (χ1) is 20.2. The maximum absolute atomic E-state index is 13.7. The highest BCUT2D eigenvalue weighted by Crippen LogP contribution is 2.38. The van der Waals surface area contributed by atoms with Gasteiger partial charge in [0.2, 0.25) is 0 Å². The number of nitrogens with zero attached hydrogens (tertiary/aromatic N) is 1. The summed E-state index contributed by atoms with van der Waals surface area (Å²) < 4.78 is 53.9. The molecule has 0 bridgehead atoms. The summed E-state index contributed by atoms with van der Waals surface area (Å²) in [4.78, 5) is 39.1. The number of Topliss-reactive ketones (excluding diaryl/α,β-unsaturated/α-hetero) is 1. The summed E-state index contributed by atoms with van der Waals surface area (Å²) in [6.07, 6.45) is -1.62. The number of pyridine rings is 1. The molecule has 1 fully saturated rings. The van der Waals surface area contributed by atoms with Crippen LogP contribution in [0.3, 0.4) is 0 Å². The number of ether oxygens (including phenoxy) is 5. The first-order valence-corrected chi connectivity index (χ1v) is 13.5. The van der Waals surface area contributed by atoms with Gasteiger partial charge in [-0.15, -0.1) is 0 Å². The van der Waals surface area contributed by atoms with Crippen molar-refractivity contribution in [2.75, 3.05) is 40.6 Å². The molecule has 3 aromatic rings. The molecule has 0 aliphatic carbocycles. The third-order valence-corrected chi connectivity index (χ3v) is 6.93. The SMILES string of the molecule is COC(=O)c1ccc(CC(=O)C(CC2COCCO2)n2cc(OC)c(-c3cc(Cl)ccc3OCC(F)F)cc2=O)cc1. The molecule has 1 aliphatic heterocycles. The van der Waals surface area contributed by atoms with Gasteiger partial charge in [-0.2, -0.15) is 0 Å². The molecular formula is C30H30ClF2NO8. The van der Waals surface area contributed by atoms with Gasteiger partial charge in [-0.05, 0) is 35.9 Å². The molecule has 4 rings (SSSR count). The second kappa shape index (κ2) is 14.4. The van der Waals surface area contributed by atoms with Crippen molar-refractivity contribution in [3.8, 4) is 22.6 Å². The van der Waals surface area contributed by atoms with E-state index in [2.05, 4.69) is 0 Å². The monoisotopic (exact) mass is 605 g/mol. The summed E-state index contributed by atoms with van der Waals surface area (Å²) in [5, 5.41) is 0.293. The van der Waals surface area contributed by atoms with Gasteiger partial charge in [-0.25, -0.2) is 13.6 Å². The Kier molecular flexibility index (Phi) is 10.7. The third-order valence-electron chi connectivity index (χ3n) is 6.69. The minimum Gasteiger partial charge on any atom is -0.495 e. The molecule has 0 saturated carbocycles. The zero-order valence-electron chi connectivity index (χ0n) is 23.0. The van der Waals surface area contributed by atoms with Crippen LogP contribution in [0.5, 0.6) is 11.5 Å². The molecule has 1 saturated heterocycles. The number of carbonyl (C=O) groups excluding carboxylic acids is 2. The summed E-state index contributed by atoms with van der Waals surface area (Å²) in [5.41, 5.74) is 0.971. The highest BCUT2D eigenvalue weighted by atomic mass is 35.5. The maximum Gasteiger partial charge on any atom is 0.337 e. The van der Waals surface area contributed by atoms with Crippen LogP contribution >= 0.6 is 11.6 Å². The lowest BCUT2D eigenvalue weighted by Crippen LogP contribution is -2.37. The van der Waals surface area contributed by atoms with Crippen LogP contribution in [-0.4, -0.2) is 69.5 Å². The quantitative estimate of drug-likeness (QED) is 0.272. The van der Waals surface area contributed by atoms with Crippen LogP contribution in [0.4, 0.5) is 8.78 Å².